The van der Waals surface area contributed by atoms with Crippen LogP contribution in [0.15, 0.2) is 60.7 Å². The van der Waals surface area contributed by atoms with Gasteiger partial charge in [0.25, 0.3) is 0 Å². The summed E-state index contributed by atoms with van der Waals surface area (Å²) in [6.45, 7) is 6.74. The zero-order valence-corrected chi connectivity index (χ0v) is 23.3. The largest absolute Gasteiger partial charge is 0.383 e. The quantitative estimate of drug-likeness (QED) is 0.534. The number of urea groups is 1. The molecule has 2 aromatic carbocycles. The lowest BCUT2D eigenvalue weighted by atomic mass is 9.83. The molecule has 0 radical (unpaired) electrons. The number of nitrogens with one attached hydrogen (secondary N) is 1. The minimum absolute atomic E-state index is 0.00452. The lowest BCUT2D eigenvalue weighted by molar-refractivity contribution is -0.135. The molecule has 210 valence electrons. The molecule has 1 aliphatic carbocycles. The van der Waals surface area contributed by atoms with E-state index in [-0.39, 0.29) is 29.8 Å². The smallest absolute Gasteiger partial charge is 0.317 e. The Labute approximate surface area is 233 Å². The molecule has 5 rings (SSSR count). The Kier molecular flexibility index (Phi) is 8.88. The van der Waals surface area contributed by atoms with Gasteiger partial charge in [-0.1, -0.05) is 73.5 Å². The normalized spacial score (nSPS) is 24.7. The van der Waals surface area contributed by atoms with Crippen molar-refractivity contribution in [2.24, 2.45) is 11.8 Å². The highest BCUT2D eigenvalue weighted by atomic mass is 16.3. The second-order valence-electron chi connectivity index (χ2n) is 11.6. The lowest BCUT2D eigenvalue weighted by Crippen LogP contribution is -2.52. The van der Waals surface area contributed by atoms with E-state index >= 15 is 0 Å². The van der Waals surface area contributed by atoms with Gasteiger partial charge in [-0.25, -0.2) is 4.79 Å². The molecule has 2 aliphatic heterocycles. The summed E-state index contributed by atoms with van der Waals surface area (Å²) in [7, 11) is 0. The number of nitrogens with zero attached hydrogens (tertiary/aromatic N) is 3. The minimum Gasteiger partial charge on any atom is -0.383 e. The number of hydrogen-bond donors (Lipinski definition) is 2. The second kappa shape index (κ2) is 12.5. The van der Waals surface area contributed by atoms with Crippen molar-refractivity contribution in [1.82, 2.24) is 20.0 Å². The standard InChI is InChI=1S/C32H44N4O3/c1-2-36(31(38)33-21-25-11-5-3-6-12-25)29-17-19-34(20-18-29)22-28-23-35(30(37)26-13-9-10-14-26)24-32(28,39)27-15-7-4-8-16-27/h3-8,11-12,15-16,26,28-29,39H,2,9-10,13-14,17-24H2,1H3,(H,33,38)/t28-,32-/m0/s1. The van der Waals surface area contributed by atoms with Gasteiger partial charge in [0, 0.05) is 57.1 Å². The number of benzene rings is 2. The first-order valence-corrected chi connectivity index (χ1v) is 14.9. The van der Waals surface area contributed by atoms with Gasteiger partial charge < -0.3 is 25.1 Å². The molecule has 39 heavy (non-hydrogen) atoms. The molecule has 7 heteroatoms. The molecule has 1 saturated carbocycles. The highest BCUT2D eigenvalue weighted by Crippen LogP contribution is 2.40. The van der Waals surface area contributed by atoms with Crippen molar-refractivity contribution >= 4 is 11.9 Å². The van der Waals surface area contributed by atoms with Crippen molar-refractivity contribution in [2.45, 2.75) is 63.6 Å². The number of amides is 3. The van der Waals surface area contributed by atoms with Gasteiger partial charge in [-0.2, -0.15) is 0 Å². The summed E-state index contributed by atoms with van der Waals surface area (Å²) in [4.78, 5) is 32.6. The topological polar surface area (TPSA) is 76.1 Å². The molecular formula is C32H44N4O3. The van der Waals surface area contributed by atoms with Crippen LogP contribution in [0.25, 0.3) is 0 Å². The van der Waals surface area contributed by atoms with Crippen LogP contribution in [0.3, 0.4) is 0 Å². The highest BCUT2D eigenvalue weighted by Gasteiger charge is 2.49. The van der Waals surface area contributed by atoms with Gasteiger partial charge in [0.2, 0.25) is 5.91 Å². The average molecular weight is 533 g/mol. The van der Waals surface area contributed by atoms with E-state index in [1.807, 2.05) is 77.4 Å². The van der Waals surface area contributed by atoms with Crippen molar-refractivity contribution in [3.05, 3.63) is 71.8 Å². The van der Waals surface area contributed by atoms with Crippen LogP contribution in [0.2, 0.25) is 0 Å². The SMILES string of the molecule is CCN(C(=O)NCc1ccccc1)C1CCN(C[C@H]2CN(C(=O)C3CCCC3)C[C@]2(O)c2ccccc2)CC1. The van der Waals surface area contributed by atoms with Crippen LogP contribution in [-0.4, -0.2) is 77.1 Å². The Morgan fingerprint density at radius 3 is 2.26 bits per heavy atom. The summed E-state index contributed by atoms with van der Waals surface area (Å²) < 4.78 is 0. The van der Waals surface area contributed by atoms with Crippen LogP contribution in [0.1, 0.15) is 56.6 Å². The molecule has 0 spiro atoms. The van der Waals surface area contributed by atoms with Gasteiger partial charge in [0.15, 0.2) is 0 Å². The van der Waals surface area contributed by atoms with Crippen LogP contribution >= 0.6 is 0 Å². The van der Waals surface area contributed by atoms with E-state index in [9.17, 15) is 14.7 Å². The highest BCUT2D eigenvalue weighted by molar-refractivity contribution is 5.79. The predicted octanol–water partition coefficient (Wildman–Crippen LogP) is 4.22. The Morgan fingerprint density at radius 2 is 1.62 bits per heavy atom. The number of likely N-dealkylation sites (tertiary alicyclic amines) is 2. The third-order valence-corrected chi connectivity index (χ3v) is 9.20. The Morgan fingerprint density at radius 1 is 0.974 bits per heavy atom. The van der Waals surface area contributed by atoms with Gasteiger partial charge >= 0.3 is 6.03 Å². The number of carbonyl (C=O) groups is 2. The van der Waals surface area contributed by atoms with Crippen LogP contribution < -0.4 is 5.32 Å². The van der Waals surface area contributed by atoms with E-state index in [4.69, 9.17) is 0 Å². The molecule has 2 atom stereocenters. The van der Waals surface area contributed by atoms with Crippen LogP contribution in [0.5, 0.6) is 0 Å². The predicted molar refractivity (Wildman–Crippen MR) is 153 cm³/mol. The fourth-order valence-corrected chi connectivity index (χ4v) is 6.93. The summed E-state index contributed by atoms with van der Waals surface area (Å²) in [5.41, 5.74) is 0.956. The van der Waals surface area contributed by atoms with Crippen molar-refractivity contribution in [3.8, 4) is 0 Å². The van der Waals surface area contributed by atoms with Crippen LogP contribution in [0, 0.1) is 11.8 Å². The van der Waals surface area contributed by atoms with E-state index in [1.165, 1.54) is 0 Å². The molecule has 2 N–H and O–H groups in total. The molecule has 2 heterocycles. The maximum absolute atomic E-state index is 13.3. The van der Waals surface area contributed by atoms with Crippen LogP contribution in [-0.2, 0) is 16.9 Å². The number of piperidine rings is 1. The molecule has 0 unspecified atom stereocenters. The molecule has 2 saturated heterocycles. The molecule has 3 aliphatic rings. The molecular weight excluding hydrogens is 488 g/mol. The molecule has 7 nitrogen and oxygen atoms in total. The molecule has 3 fully saturated rings. The Bertz CT molecular complexity index is 1080. The molecule has 0 bridgehead atoms. The van der Waals surface area contributed by atoms with Crippen molar-refractivity contribution in [3.63, 3.8) is 0 Å². The Balaban J connectivity index is 1.19. The third kappa shape index (κ3) is 6.30. The van der Waals surface area contributed by atoms with E-state index in [1.54, 1.807) is 0 Å². The number of carbonyl (C=O) groups excluding carboxylic acids is 2. The molecule has 3 amide bonds. The first kappa shape index (κ1) is 27.7. The average Bonchev–Trinajstić information content (AvgIpc) is 3.63. The van der Waals surface area contributed by atoms with Gasteiger partial charge in [0.1, 0.15) is 5.60 Å². The van der Waals surface area contributed by atoms with Gasteiger partial charge in [-0.3, -0.25) is 4.79 Å². The van der Waals surface area contributed by atoms with Crippen molar-refractivity contribution in [1.29, 1.82) is 0 Å². The molecule has 2 aromatic rings. The number of hydrogen-bond acceptors (Lipinski definition) is 4. The lowest BCUT2D eigenvalue weighted by Gasteiger charge is -2.40. The van der Waals surface area contributed by atoms with E-state index in [0.717, 1.165) is 69.3 Å². The van der Waals surface area contributed by atoms with Crippen molar-refractivity contribution < 1.29 is 14.7 Å². The first-order chi connectivity index (χ1) is 19.0. The van der Waals surface area contributed by atoms with E-state index < -0.39 is 5.60 Å². The number of rotatable bonds is 8. The fourth-order valence-electron chi connectivity index (χ4n) is 6.93. The number of aliphatic hydroxyl groups is 1. The summed E-state index contributed by atoms with van der Waals surface area (Å²) in [5, 5.41) is 15.1. The number of β-amino-alcohol motifs (C(OH)–C–C–N with tert-alkyl or cyclic N) is 1. The first-order valence-electron chi connectivity index (χ1n) is 14.9. The van der Waals surface area contributed by atoms with Gasteiger partial charge in [-0.15, -0.1) is 0 Å². The maximum atomic E-state index is 13.3. The zero-order valence-electron chi connectivity index (χ0n) is 23.3. The van der Waals surface area contributed by atoms with Crippen molar-refractivity contribution in [2.75, 3.05) is 39.3 Å². The summed E-state index contributed by atoms with van der Waals surface area (Å²) >= 11 is 0. The summed E-state index contributed by atoms with van der Waals surface area (Å²) in [5.74, 6) is 0.300. The summed E-state index contributed by atoms with van der Waals surface area (Å²) in [6, 6.07) is 20.1. The minimum atomic E-state index is -1.04. The van der Waals surface area contributed by atoms with Gasteiger partial charge in [-0.05, 0) is 43.7 Å². The van der Waals surface area contributed by atoms with Gasteiger partial charge in [0.05, 0.1) is 6.54 Å². The van der Waals surface area contributed by atoms with E-state index in [0.29, 0.717) is 26.2 Å². The third-order valence-electron chi connectivity index (χ3n) is 9.20. The van der Waals surface area contributed by atoms with E-state index in [2.05, 4.69) is 10.2 Å². The maximum Gasteiger partial charge on any atom is 0.317 e. The fraction of sp³-hybridized carbons (Fsp3) is 0.562. The van der Waals surface area contributed by atoms with Crippen LogP contribution in [0.4, 0.5) is 4.79 Å². The second-order valence-corrected chi connectivity index (χ2v) is 11.6. The monoisotopic (exact) mass is 532 g/mol. The Hall–Kier alpha value is -2.90. The zero-order chi connectivity index (χ0) is 27.2. The summed E-state index contributed by atoms with van der Waals surface area (Å²) in [6.07, 6.45) is 6.03. The molecule has 0 aromatic heterocycles.